The molecule has 6 rings (SSSR count). The maximum absolute atomic E-state index is 13.4. The Morgan fingerprint density at radius 2 is 1.82 bits per heavy atom. The Labute approximate surface area is 236 Å². The number of oxime groups is 1. The average molecular weight is 586 g/mol. The van der Waals surface area contributed by atoms with Gasteiger partial charge in [0.05, 0.1) is 23.4 Å². The molecular weight excluding hydrogens is 554 g/mol. The van der Waals surface area contributed by atoms with E-state index in [-0.39, 0.29) is 28.1 Å². The van der Waals surface area contributed by atoms with Crippen molar-refractivity contribution in [2.75, 3.05) is 38.7 Å². The van der Waals surface area contributed by atoms with Gasteiger partial charge in [-0.05, 0) is 50.9 Å². The maximum atomic E-state index is 13.4. The molecule has 2 aliphatic heterocycles. The van der Waals surface area contributed by atoms with Crippen LogP contribution in [0.25, 0.3) is 10.3 Å². The summed E-state index contributed by atoms with van der Waals surface area (Å²) in [6.45, 7) is 2.94. The molecule has 1 aliphatic carbocycles. The van der Waals surface area contributed by atoms with Crippen molar-refractivity contribution in [2.45, 2.75) is 54.5 Å². The molecule has 0 radical (unpaired) electrons. The minimum absolute atomic E-state index is 0.0146. The average Bonchev–Trinajstić information content (AvgIpc) is 3.55. The number of aromatic nitrogens is 2. The number of hydrogen-bond acceptors (Lipinski definition) is 11. The fourth-order valence-electron chi connectivity index (χ4n) is 4.67. The summed E-state index contributed by atoms with van der Waals surface area (Å²) in [4.78, 5) is 31.3. The summed E-state index contributed by atoms with van der Waals surface area (Å²) >= 11 is 1.24. The SMILES string of the molecule is CN1CCC(Oc2ccc3nc(NC(=O)C(=NO[C@@H]4CCOC4)c4ccc(S(=O)(=O)C5CC5)cc4)sc3n2)CC1. The predicted molar refractivity (Wildman–Crippen MR) is 151 cm³/mol. The first-order chi connectivity index (χ1) is 19.3. The van der Waals surface area contributed by atoms with Gasteiger partial charge in [-0.2, -0.15) is 0 Å². The van der Waals surface area contributed by atoms with E-state index in [0.717, 1.165) is 25.9 Å². The summed E-state index contributed by atoms with van der Waals surface area (Å²) in [5.41, 5.74) is 1.09. The van der Waals surface area contributed by atoms with Gasteiger partial charge >= 0.3 is 0 Å². The zero-order chi connectivity index (χ0) is 27.7. The van der Waals surface area contributed by atoms with Gasteiger partial charge < -0.3 is 19.2 Å². The van der Waals surface area contributed by atoms with Crippen LogP contribution in [0, 0.1) is 0 Å². The minimum Gasteiger partial charge on any atom is -0.474 e. The van der Waals surface area contributed by atoms with Crippen molar-refractivity contribution in [3.05, 3.63) is 42.0 Å². The lowest BCUT2D eigenvalue weighted by Gasteiger charge is -2.28. The molecule has 4 heterocycles. The Kier molecular flexibility index (Phi) is 7.71. The van der Waals surface area contributed by atoms with Gasteiger partial charge in [-0.15, -0.1) is 0 Å². The highest BCUT2D eigenvalue weighted by Crippen LogP contribution is 2.33. The second-order valence-electron chi connectivity index (χ2n) is 10.4. The highest BCUT2D eigenvalue weighted by molar-refractivity contribution is 7.92. The lowest BCUT2D eigenvalue weighted by molar-refractivity contribution is -0.110. The van der Waals surface area contributed by atoms with Gasteiger partial charge in [0, 0.05) is 31.1 Å². The number of thiazole rings is 1. The van der Waals surface area contributed by atoms with Crippen molar-refractivity contribution in [1.29, 1.82) is 0 Å². The summed E-state index contributed by atoms with van der Waals surface area (Å²) < 4.78 is 36.7. The van der Waals surface area contributed by atoms with E-state index < -0.39 is 15.7 Å². The van der Waals surface area contributed by atoms with Gasteiger partial charge in [0.2, 0.25) is 5.88 Å². The molecule has 2 saturated heterocycles. The number of rotatable bonds is 9. The summed E-state index contributed by atoms with van der Waals surface area (Å²) in [7, 11) is -1.24. The number of benzene rings is 1. The molecule has 3 fully saturated rings. The van der Waals surface area contributed by atoms with Crippen molar-refractivity contribution in [3.8, 4) is 5.88 Å². The monoisotopic (exact) mass is 585 g/mol. The van der Waals surface area contributed by atoms with E-state index in [4.69, 9.17) is 14.3 Å². The predicted octanol–water partition coefficient (Wildman–Crippen LogP) is 3.25. The van der Waals surface area contributed by atoms with Gasteiger partial charge in [0.1, 0.15) is 16.5 Å². The second-order valence-corrected chi connectivity index (χ2v) is 13.6. The summed E-state index contributed by atoms with van der Waals surface area (Å²) in [6.07, 6.45) is 3.80. The Hall–Kier alpha value is -3.13. The Bertz CT molecular complexity index is 1510. The van der Waals surface area contributed by atoms with Gasteiger partial charge in [-0.1, -0.05) is 28.6 Å². The van der Waals surface area contributed by atoms with Gasteiger partial charge in [-0.3, -0.25) is 10.1 Å². The standard InChI is InChI=1S/C27H31N5O6S2/c1-32-13-10-18(11-14-32)37-23-9-8-22-26(29-23)39-27(28-22)30-25(33)24(31-38-19-12-15-36-16-19)17-2-4-20(5-3-17)40(34,35)21-6-7-21/h2-5,8-9,18-19,21H,6-7,10-16H2,1H3,(H,28,30,33)/t19-/m1/s1. The molecule has 1 saturated carbocycles. The van der Waals surface area contributed by atoms with Crippen molar-refractivity contribution in [1.82, 2.24) is 14.9 Å². The van der Waals surface area contributed by atoms with E-state index in [2.05, 4.69) is 32.4 Å². The van der Waals surface area contributed by atoms with Crippen molar-refractivity contribution >= 4 is 48.3 Å². The van der Waals surface area contributed by atoms with E-state index in [1.54, 1.807) is 18.2 Å². The molecule has 1 atom stereocenters. The molecule has 0 bridgehead atoms. The molecule has 0 unspecified atom stereocenters. The zero-order valence-corrected chi connectivity index (χ0v) is 23.7. The van der Waals surface area contributed by atoms with Crippen LogP contribution in [0.3, 0.4) is 0 Å². The number of nitrogens with one attached hydrogen (secondary N) is 1. The molecule has 0 spiro atoms. The van der Waals surface area contributed by atoms with Crippen LogP contribution in [0.5, 0.6) is 5.88 Å². The number of anilines is 1. The minimum atomic E-state index is -3.35. The molecule has 212 valence electrons. The topological polar surface area (TPSA) is 132 Å². The number of nitrogens with zero attached hydrogens (tertiary/aromatic N) is 4. The largest absolute Gasteiger partial charge is 0.474 e. The lowest BCUT2D eigenvalue weighted by Crippen LogP contribution is -2.35. The first kappa shape index (κ1) is 27.1. The first-order valence-electron chi connectivity index (χ1n) is 13.5. The van der Waals surface area contributed by atoms with Crippen molar-refractivity contribution < 1.29 is 27.5 Å². The molecule has 1 N–H and O–H groups in total. The van der Waals surface area contributed by atoms with Crippen LogP contribution in [0.4, 0.5) is 5.13 Å². The van der Waals surface area contributed by atoms with Crippen molar-refractivity contribution in [3.63, 3.8) is 0 Å². The van der Waals surface area contributed by atoms with Crippen LogP contribution in [0.15, 0.2) is 46.4 Å². The molecule has 11 nitrogen and oxygen atoms in total. The fraction of sp³-hybridized carbons (Fsp3) is 0.481. The number of pyridine rings is 1. The van der Waals surface area contributed by atoms with Crippen LogP contribution in [0.2, 0.25) is 0 Å². The van der Waals surface area contributed by atoms with Gasteiger partial charge in [-0.25, -0.2) is 18.4 Å². The number of carbonyl (C=O) groups is 1. The molecule has 40 heavy (non-hydrogen) atoms. The normalized spacial score (nSPS) is 21.0. The Balaban J connectivity index is 1.19. The van der Waals surface area contributed by atoms with Gasteiger partial charge in [0.25, 0.3) is 5.91 Å². The maximum Gasteiger partial charge on any atom is 0.280 e. The van der Waals surface area contributed by atoms with Crippen LogP contribution in [-0.2, 0) is 24.2 Å². The van der Waals surface area contributed by atoms with Crippen LogP contribution >= 0.6 is 11.3 Å². The highest BCUT2D eigenvalue weighted by atomic mass is 32.2. The number of sulfone groups is 1. The summed E-state index contributed by atoms with van der Waals surface area (Å²) in [6, 6.07) is 9.81. The molecule has 2 aromatic heterocycles. The number of hydrogen-bond donors (Lipinski definition) is 1. The number of ether oxygens (including phenoxy) is 2. The summed E-state index contributed by atoms with van der Waals surface area (Å²) in [5, 5.41) is 7.01. The number of amides is 1. The number of piperidine rings is 1. The Morgan fingerprint density at radius 1 is 1.05 bits per heavy atom. The molecule has 1 amide bonds. The molecule has 1 aromatic carbocycles. The number of likely N-dealkylation sites (tertiary alicyclic amines) is 1. The smallest absolute Gasteiger partial charge is 0.280 e. The zero-order valence-electron chi connectivity index (χ0n) is 22.1. The summed E-state index contributed by atoms with van der Waals surface area (Å²) in [5.74, 6) is 0.0119. The highest BCUT2D eigenvalue weighted by Gasteiger charge is 2.37. The second kappa shape index (κ2) is 11.4. The van der Waals surface area contributed by atoms with E-state index >= 15 is 0 Å². The fourth-order valence-corrected chi connectivity index (χ4v) is 7.15. The molecule has 3 aliphatic rings. The quantitative estimate of drug-likeness (QED) is 0.297. The third-order valence-corrected chi connectivity index (χ3v) is 10.4. The Morgan fingerprint density at radius 3 is 2.52 bits per heavy atom. The molecular formula is C27H31N5O6S2. The number of fused-ring (bicyclic) bond motifs is 1. The molecule has 13 heteroatoms. The molecule has 3 aromatic rings. The number of carbonyl (C=O) groups excluding carboxylic acids is 1. The first-order valence-corrected chi connectivity index (χ1v) is 15.8. The van der Waals surface area contributed by atoms with Gasteiger partial charge in [0.15, 0.2) is 26.8 Å². The third-order valence-electron chi connectivity index (χ3n) is 7.22. The van der Waals surface area contributed by atoms with Crippen LogP contribution < -0.4 is 10.1 Å². The van der Waals surface area contributed by atoms with E-state index in [9.17, 15) is 13.2 Å². The van der Waals surface area contributed by atoms with Crippen molar-refractivity contribution in [2.24, 2.45) is 5.16 Å². The lowest BCUT2D eigenvalue weighted by atomic mass is 10.1. The van der Waals surface area contributed by atoms with E-state index in [1.165, 1.54) is 23.5 Å². The van der Waals surface area contributed by atoms with E-state index in [1.807, 2.05) is 6.07 Å². The van der Waals surface area contributed by atoms with E-state index in [0.29, 0.717) is 59.4 Å². The van der Waals surface area contributed by atoms with Crippen LogP contribution in [-0.4, -0.2) is 85.7 Å². The van der Waals surface area contributed by atoms with Crippen LogP contribution in [0.1, 0.15) is 37.7 Å². The third kappa shape index (κ3) is 6.12.